The number of rotatable bonds is 9. The standard InChI is InChI=1S/C22H27N3OS/c1-4-6-14-26-20-12-10-19(11-13-20)21-23-24-22(25(21)5-2)27-16-18-9-7-8-17(3)15-18/h7-13,15H,4-6,14,16H2,1-3H3. The van der Waals surface area contributed by atoms with Crippen LogP contribution in [0.3, 0.4) is 0 Å². The molecule has 27 heavy (non-hydrogen) atoms. The van der Waals surface area contributed by atoms with Crippen LogP contribution in [0.1, 0.15) is 37.8 Å². The maximum Gasteiger partial charge on any atom is 0.191 e. The minimum absolute atomic E-state index is 0.765. The van der Waals surface area contributed by atoms with E-state index in [9.17, 15) is 0 Å². The number of thioether (sulfide) groups is 1. The van der Waals surface area contributed by atoms with Crippen molar-refractivity contribution in [2.45, 2.75) is 51.1 Å². The molecule has 0 spiro atoms. The van der Waals surface area contributed by atoms with E-state index < -0.39 is 0 Å². The van der Waals surface area contributed by atoms with E-state index in [1.165, 1.54) is 11.1 Å². The minimum Gasteiger partial charge on any atom is -0.494 e. The second kappa shape index (κ2) is 9.60. The van der Waals surface area contributed by atoms with Gasteiger partial charge >= 0.3 is 0 Å². The third-order valence-electron chi connectivity index (χ3n) is 4.36. The average molecular weight is 382 g/mol. The van der Waals surface area contributed by atoms with Gasteiger partial charge in [-0.1, -0.05) is 54.9 Å². The Balaban J connectivity index is 1.71. The van der Waals surface area contributed by atoms with Crippen molar-refractivity contribution < 1.29 is 4.74 Å². The molecule has 0 aliphatic carbocycles. The van der Waals surface area contributed by atoms with Crippen LogP contribution in [-0.2, 0) is 12.3 Å². The predicted molar refractivity (Wildman–Crippen MR) is 112 cm³/mol. The Hall–Kier alpha value is -2.27. The Labute approximate surface area is 166 Å². The van der Waals surface area contributed by atoms with E-state index in [2.05, 4.69) is 71.9 Å². The smallest absolute Gasteiger partial charge is 0.191 e. The number of ether oxygens (including phenoxy) is 1. The van der Waals surface area contributed by atoms with Crippen molar-refractivity contribution in [2.24, 2.45) is 0 Å². The summed E-state index contributed by atoms with van der Waals surface area (Å²) in [5, 5.41) is 9.83. The zero-order valence-corrected chi connectivity index (χ0v) is 17.1. The van der Waals surface area contributed by atoms with Crippen LogP contribution in [-0.4, -0.2) is 21.4 Å². The van der Waals surface area contributed by atoms with Gasteiger partial charge in [0.2, 0.25) is 0 Å². The predicted octanol–water partition coefficient (Wildman–Crippen LogP) is 5.74. The third kappa shape index (κ3) is 5.13. The van der Waals surface area contributed by atoms with E-state index in [4.69, 9.17) is 4.74 Å². The van der Waals surface area contributed by atoms with Crippen molar-refractivity contribution in [1.29, 1.82) is 0 Å². The SMILES string of the molecule is CCCCOc1ccc(-c2nnc(SCc3cccc(C)c3)n2CC)cc1. The molecule has 0 aliphatic rings. The van der Waals surface area contributed by atoms with Gasteiger partial charge in [0, 0.05) is 17.9 Å². The lowest BCUT2D eigenvalue weighted by Crippen LogP contribution is -2.00. The first-order chi connectivity index (χ1) is 13.2. The van der Waals surface area contributed by atoms with E-state index in [1.54, 1.807) is 11.8 Å². The number of hydrogen-bond acceptors (Lipinski definition) is 4. The number of benzene rings is 2. The summed E-state index contributed by atoms with van der Waals surface area (Å²) < 4.78 is 7.92. The van der Waals surface area contributed by atoms with Gasteiger partial charge in [0.15, 0.2) is 11.0 Å². The summed E-state index contributed by atoms with van der Waals surface area (Å²) in [6.07, 6.45) is 2.22. The lowest BCUT2D eigenvalue weighted by molar-refractivity contribution is 0.309. The fourth-order valence-electron chi connectivity index (χ4n) is 2.88. The van der Waals surface area contributed by atoms with E-state index in [1.807, 2.05) is 12.1 Å². The van der Waals surface area contributed by atoms with Crippen LogP contribution in [0.15, 0.2) is 53.7 Å². The van der Waals surface area contributed by atoms with Gasteiger partial charge in [0.1, 0.15) is 5.75 Å². The van der Waals surface area contributed by atoms with Crippen molar-refractivity contribution in [3.63, 3.8) is 0 Å². The van der Waals surface area contributed by atoms with Gasteiger partial charge in [-0.2, -0.15) is 0 Å². The highest BCUT2D eigenvalue weighted by Crippen LogP contribution is 2.27. The molecule has 0 saturated carbocycles. The number of hydrogen-bond donors (Lipinski definition) is 0. The van der Waals surface area contributed by atoms with E-state index >= 15 is 0 Å². The molecule has 3 aromatic rings. The lowest BCUT2D eigenvalue weighted by Gasteiger charge is -2.09. The zero-order chi connectivity index (χ0) is 19.1. The first-order valence-electron chi connectivity index (χ1n) is 9.56. The number of aryl methyl sites for hydroxylation is 1. The van der Waals surface area contributed by atoms with Crippen LogP contribution < -0.4 is 4.74 Å². The molecular weight excluding hydrogens is 354 g/mol. The van der Waals surface area contributed by atoms with Crippen molar-refractivity contribution in [3.8, 4) is 17.1 Å². The van der Waals surface area contributed by atoms with Gasteiger partial charge in [0.25, 0.3) is 0 Å². The highest BCUT2D eigenvalue weighted by Gasteiger charge is 2.13. The summed E-state index contributed by atoms with van der Waals surface area (Å²) >= 11 is 1.73. The molecule has 142 valence electrons. The van der Waals surface area contributed by atoms with E-state index in [0.29, 0.717) is 0 Å². The molecule has 3 rings (SSSR count). The molecule has 0 fully saturated rings. The van der Waals surface area contributed by atoms with Crippen molar-refractivity contribution in [1.82, 2.24) is 14.8 Å². The zero-order valence-electron chi connectivity index (χ0n) is 16.3. The molecule has 0 aliphatic heterocycles. The van der Waals surface area contributed by atoms with E-state index in [0.717, 1.165) is 54.0 Å². The van der Waals surface area contributed by atoms with Crippen LogP contribution in [0.25, 0.3) is 11.4 Å². The Morgan fingerprint density at radius 1 is 1.04 bits per heavy atom. The summed E-state index contributed by atoms with van der Waals surface area (Å²) in [6, 6.07) is 16.8. The summed E-state index contributed by atoms with van der Waals surface area (Å²) in [6.45, 7) is 8.02. The molecule has 5 heteroatoms. The Bertz CT molecular complexity index is 858. The van der Waals surface area contributed by atoms with Crippen LogP contribution >= 0.6 is 11.8 Å². The van der Waals surface area contributed by atoms with Gasteiger partial charge in [-0.05, 0) is 50.1 Å². The first kappa shape index (κ1) is 19.5. The topological polar surface area (TPSA) is 39.9 Å². The minimum atomic E-state index is 0.765. The molecule has 0 radical (unpaired) electrons. The molecule has 0 saturated heterocycles. The fourth-order valence-corrected chi connectivity index (χ4v) is 3.82. The molecule has 1 aromatic heterocycles. The second-order valence-electron chi connectivity index (χ2n) is 6.55. The average Bonchev–Trinajstić information content (AvgIpc) is 3.10. The molecule has 0 bridgehead atoms. The highest BCUT2D eigenvalue weighted by atomic mass is 32.2. The van der Waals surface area contributed by atoms with Gasteiger partial charge in [-0.15, -0.1) is 10.2 Å². The summed E-state index contributed by atoms with van der Waals surface area (Å²) in [5.74, 6) is 2.71. The highest BCUT2D eigenvalue weighted by molar-refractivity contribution is 7.98. The Kier molecular flexibility index (Phi) is 6.93. The molecule has 2 aromatic carbocycles. The van der Waals surface area contributed by atoms with Gasteiger partial charge in [-0.25, -0.2) is 0 Å². The summed E-state index contributed by atoms with van der Waals surface area (Å²) in [4.78, 5) is 0. The van der Waals surface area contributed by atoms with Crippen LogP contribution in [0.4, 0.5) is 0 Å². The normalized spacial score (nSPS) is 10.9. The Morgan fingerprint density at radius 2 is 1.85 bits per heavy atom. The van der Waals surface area contributed by atoms with Crippen molar-refractivity contribution in [3.05, 3.63) is 59.7 Å². The quantitative estimate of drug-likeness (QED) is 0.350. The molecule has 4 nitrogen and oxygen atoms in total. The van der Waals surface area contributed by atoms with Crippen LogP contribution in [0.5, 0.6) is 5.75 Å². The van der Waals surface area contributed by atoms with Crippen molar-refractivity contribution >= 4 is 11.8 Å². The molecular formula is C22H27N3OS. The van der Waals surface area contributed by atoms with Gasteiger partial charge in [0.05, 0.1) is 6.61 Å². The summed E-state index contributed by atoms with van der Waals surface area (Å²) in [5.41, 5.74) is 3.65. The number of unbranched alkanes of at least 4 members (excludes halogenated alkanes) is 1. The third-order valence-corrected chi connectivity index (χ3v) is 5.40. The molecule has 0 unspecified atom stereocenters. The maximum atomic E-state index is 5.75. The second-order valence-corrected chi connectivity index (χ2v) is 7.50. The molecule has 1 heterocycles. The first-order valence-corrected chi connectivity index (χ1v) is 10.5. The number of aromatic nitrogens is 3. The van der Waals surface area contributed by atoms with Crippen LogP contribution in [0.2, 0.25) is 0 Å². The summed E-state index contributed by atoms with van der Waals surface area (Å²) in [7, 11) is 0. The molecule has 0 atom stereocenters. The lowest BCUT2D eigenvalue weighted by atomic mass is 10.2. The maximum absolute atomic E-state index is 5.75. The molecule has 0 amide bonds. The van der Waals surface area contributed by atoms with Crippen molar-refractivity contribution in [2.75, 3.05) is 6.61 Å². The Morgan fingerprint density at radius 3 is 2.56 bits per heavy atom. The van der Waals surface area contributed by atoms with Gasteiger partial charge < -0.3 is 9.30 Å². The van der Waals surface area contributed by atoms with Gasteiger partial charge in [-0.3, -0.25) is 0 Å². The monoisotopic (exact) mass is 381 g/mol. The largest absolute Gasteiger partial charge is 0.494 e. The molecule has 0 N–H and O–H groups in total. The van der Waals surface area contributed by atoms with E-state index in [-0.39, 0.29) is 0 Å². The van der Waals surface area contributed by atoms with Crippen LogP contribution in [0, 0.1) is 6.92 Å². The fraction of sp³-hybridized carbons (Fsp3) is 0.364. The number of nitrogens with zero attached hydrogens (tertiary/aromatic N) is 3.